The molecule has 0 saturated carbocycles. The second-order valence-electron chi connectivity index (χ2n) is 5.62. The number of carbonyl (C=O) groups excluding carboxylic acids is 1. The Balaban J connectivity index is 1.62. The minimum Gasteiger partial charge on any atom is -0.455 e. The van der Waals surface area contributed by atoms with Gasteiger partial charge in [0.15, 0.2) is 5.76 Å². The molecule has 1 amide bonds. The van der Waals surface area contributed by atoms with E-state index in [-0.39, 0.29) is 5.91 Å². The fraction of sp³-hybridized carbons (Fsp3) is 0.150. The zero-order valence-electron chi connectivity index (χ0n) is 13.7. The lowest BCUT2D eigenvalue weighted by atomic mass is 10.1. The Morgan fingerprint density at radius 2 is 1.79 bits per heavy atom. The highest BCUT2D eigenvalue weighted by Crippen LogP contribution is 2.24. The number of thioether (sulfide) groups is 1. The lowest BCUT2D eigenvalue weighted by molar-refractivity contribution is 0.0995. The summed E-state index contributed by atoms with van der Waals surface area (Å²) in [6, 6.07) is 19.5. The highest BCUT2D eigenvalue weighted by atomic mass is 32.2. The van der Waals surface area contributed by atoms with Crippen LogP contribution in [-0.4, -0.2) is 5.91 Å². The Kier molecular flexibility index (Phi) is 5.06. The van der Waals surface area contributed by atoms with Crippen molar-refractivity contribution in [3.8, 4) is 0 Å². The number of carbonyl (C=O) groups is 1. The predicted molar refractivity (Wildman–Crippen MR) is 98.6 cm³/mol. The van der Waals surface area contributed by atoms with Crippen molar-refractivity contribution in [2.24, 2.45) is 0 Å². The van der Waals surface area contributed by atoms with Crippen LogP contribution >= 0.6 is 11.8 Å². The third-order valence-electron chi connectivity index (χ3n) is 3.77. The van der Waals surface area contributed by atoms with E-state index in [4.69, 9.17) is 4.42 Å². The molecular weight excluding hydrogens is 318 g/mol. The Morgan fingerprint density at radius 1 is 1.00 bits per heavy atom. The number of aryl methyl sites for hydroxylation is 2. The first-order chi connectivity index (χ1) is 11.6. The van der Waals surface area contributed by atoms with Crippen LogP contribution in [0.25, 0.3) is 0 Å². The van der Waals surface area contributed by atoms with Crippen molar-refractivity contribution in [3.05, 3.63) is 83.3 Å². The molecule has 0 atom stereocenters. The lowest BCUT2D eigenvalue weighted by Gasteiger charge is -2.06. The van der Waals surface area contributed by atoms with Crippen LogP contribution in [0.3, 0.4) is 0 Å². The van der Waals surface area contributed by atoms with Crippen LogP contribution in [0.1, 0.15) is 27.4 Å². The molecule has 4 heteroatoms. The molecule has 0 unspecified atom stereocenters. The Labute approximate surface area is 146 Å². The van der Waals surface area contributed by atoms with E-state index in [0.717, 1.165) is 17.0 Å². The summed E-state index contributed by atoms with van der Waals surface area (Å²) in [6.45, 7) is 4.07. The molecule has 122 valence electrons. The summed E-state index contributed by atoms with van der Waals surface area (Å²) in [5.74, 6) is 1.58. The van der Waals surface area contributed by atoms with E-state index in [1.807, 2.05) is 56.3 Å². The van der Waals surface area contributed by atoms with Crippen LogP contribution < -0.4 is 5.32 Å². The molecule has 0 radical (unpaired) electrons. The molecule has 2 aromatic carbocycles. The van der Waals surface area contributed by atoms with Gasteiger partial charge in [-0.15, -0.1) is 11.8 Å². The van der Waals surface area contributed by atoms with Crippen molar-refractivity contribution in [1.29, 1.82) is 0 Å². The van der Waals surface area contributed by atoms with E-state index in [0.29, 0.717) is 11.5 Å². The molecule has 0 aliphatic carbocycles. The first-order valence-electron chi connectivity index (χ1n) is 7.77. The molecule has 3 nitrogen and oxygen atoms in total. The zero-order chi connectivity index (χ0) is 16.9. The van der Waals surface area contributed by atoms with Gasteiger partial charge in [-0.1, -0.05) is 24.3 Å². The summed E-state index contributed by atoms with van der Waals surface area (Å²) >= 11 is 1.68. The van der Waals surface area contributed by atoms with Gasteiger partial charge in [0.1, 0.15) is 5.76 Å². The molecule has 0 aliphatic rings. The first kappa shape index (κ1) is 16.4. The first-order valence-corrected chi connectivity index (χ1v) is 8.75. The summed E-state index contributed by atoms with van der Waals surface area (Å²) in [7, 11) is 0. The molecule has 0 spiro atoms. The average Bonchev–Trinajstić information content (AvgIpc) is 3.06. The molecule has 24 heavy (non-hydrogen) atoms. The lowest BCUT2D eigenvalue weighted by Crippen LogP contribution is -2.11. The molecule has 3 aromatic rings. The average molecular weight is 337 g/mol. The molecule has 1 aromatic heterocycles. The van der Waals surface area contributed by atoms with Gasteiger partial charge in [0.25, 0.3) is 5.91 Å². The number of furan rings is 1. The third kappa shape index (κ3) is 4.09. The largest absolute Gasteiger partial charge is 0.455 e. The minimum atomic E-state index is -0.228. The van der Waals surface area contributed by atoms with Crippen molar-refractivity contribution in [1.82, 2.24) is 0 Å². The topological polar surface area (TPSA) is 42.2 Å². The van der Waals surface area contributed by atoms with Gasteiger partial charge < -0.3 is 9.73 Å². The van der Waals surface area contributed by atoms with Crippen LogP contribution in [0.15, 0.2) is 70.0 Å². The molecular formula is C20H19NO2S. The summed E-state index contributed by atoms with van der Waals surface area (Å²) in [5, 5.41) is 2.87. The van der Waals surface area contributed by atoms with E-state index in [9.17, 15) is 4.79 Å². The van der Waals surface area contributed by atoms with E-state index < -0.39 is 0 Å². The van der Waals surface area contributed by atoms with Crippen LogP contribution in [0.4, 0.5) is 5.69 Å². The number of benzene rings is 2. The standard InChI is InChI=1S/C20H19NO2S/c1-14-8-9-16(12-15(14)2)21-20(22)19-11-10-17(23-19)13-24-18-6-4-3-5-7-18/h3-12H,13H2,1-2H3,(H,21,22). The van der Waals surface area contributed by atoms with Gasteiger partial charge >= 0.3 is 0 Å². The van der Waals surface area contributed by atoms with E-state index in [1.165, 1.54) is 10.5 Å². The van der Waals surface area contributed by atoms with Gasteiger partial charge in [-0.05, 0) is 61.4 Å². The summed E-state index contributed by atoms with van der Waals surface area (Å²) in [6.07, 6.45) is 0. The number of amides is 1. The van der Waals surface area contributed by atoms with Gasteiger partial charge in [0.05, 0.1) is 5.75 Å². The fourth-order valence-electron chi connectivity index (χ4n) is 2.26. The van der Waals surface area contributed by atoms with Gasteiger partial charge in [0.2, 0.25) is 0 Å². The van der Waals surface area contributed by atoms with Gasteiger partial charge in [-0.2, -0.15) is 0 Å². The number of rotatable bonds is 5. The second-order valence-corrected chi connectivity index (χ2v) is 6.67. The highest BCUT2D eigenvalue weighted by Gasteiger charge is 2.12. The van der Waals surface area contributed by atoms with E-state index >= 15 is 0 Å². The van der Waals surface area contributed by atoms with Crippen LogP contribution in [0.2, 0.25) is 0 Å². The quantitative estimate of drug-likeness (QED) is 0.630. The van der Waals surface area contributed by atoms with E-state index in [2.05, 4.69) is 17.4 Å². The summed E-state index contributed by atoms with van der Waals surface area (Å²) < 4.78 is 5.66. The van der Waals surface area contributed by atoms with Crippen LogP contribution in [-0.2, 0) is 5.75 Å². The maximum atomic E-state index is 12.3. The molecule has 1 N–H and O–H groups in total. The van der Waals surface area contributed by atoms with Gasteiger partial charge in [-0.25, -0.2) is 0 Å². The molecule has 0 saturated heterocycles. The summed E-state index contributed by atoms with van der Waals surface area (Å²) in [5.41, 5.74) is 3.12. The SMILES string of the molecule is Cc1ccc(NC(=O)c2ccc(CSc3ccccc3)o2)cc1C. The monoisotopic (exact) mass is 337 g/mol. The highest BCUT2D eigenvalue weighted by molar-refractivity contribution is 7.98. The van der Waals surface area contributed by atoms with Gasteiger partial charge in [0, 0.05) is 10.6 Å². The second kappa shape index (κ2) is 7.41. The van der Waals surface area contributed by atoms with Crippen LogP contribution in [0.5, 0.6) is 0 Å². The summed E-state index contributed by atoms with van der Waals surface area (Å²) in [4.78, 5) is 13.5. The predicted octanol–water partition coefficient (Wildman–Crippen LogP) is 5.44. The zero-order valence-corrected chi connectivity index (χ0v) is 14.5. The molecule has 3 rings (SSSR count). The number of anilines is 1. The maximum absolute atomic E-state index is 12.3. The number of hydrogen-bond acceptors (Lipinski definition) is 3. The molecule has 1 heterocycles. The normalized spacial score (nSPS) is 10.6. The Bertz CT molecular complexity index is 840. The third-order valence-corrected chi connectivity index (χ3v) is 4.81. The van der Waals surface area contributed by atoms with E-state index in [1.54, 1.807) is 17.8 Å². The fourth-order valence-corrected chi connectivity index (χ4v) is 3.07. The minimum absolute atomic E-state index is 0.228. The van der Waals surface area contributed by atoms with Crippen molar-refractivity contribution in [3.63, 3.8) is 0 Å². The number of hydrogen-bond donors (Lipinski definition) is 1. The molecule has 0 fully saturated rings. The van der Waals surface area contributed by atoms with Crippen molar-refractivity contribution < 1.29 is 9.21 Å². The molecule has 0 bridgehead atoms. The van der Waals surface area contributed by atoms with Crippen molar-refractivity contribution >= 4 is 23.4 Å². The number of nitrogens with one attached hydrogen (secondary N) is 1. The molecule has 0 aliphatic heterocycles. The van der Waals surface area contributed by atoms with Crippen molar-refractivity contribution in [2.45, 2.75) is 24.5 Å². The van der Waals surface area contributed by atoms with Gasteiger partial charge in [-0.3, -0.25) is 4.79 Å². The Hall–Kier alpha value is -2.46. The van der Waals surface area contributed by atoms with Crippen LogP contribution in [0, 0.1) is 13.8 Å². The maximum Gasteiger partial charge on any atom is 0.291 e. The Morgan fingerprint density at radius 3 is 2.54 bits per heavy atom. The smallest absolute Gasteiger partial charge is 0.291 e. The van der Waals surface area contributed by atoms with Crippen molar-refractivity contribution in [2.75, 3.05) is 5.32 Å².